The molecule has 0 unspecified atom stereocenters. The predicted octanol–water partition coefficient (Wildman–Crippen LogP) is -0.339. The number of aliphatic hydroxyl groups excluding tert-OH is 1. The summed E-state index contributed by atoms with van der Waals surface area (Å²) < 4.78 is 0. The van der Waals surface area contributed by atoms with E-state index in [4.69, 9.17) is 0 Å². The molecule has 2 N–H and O–H groups in total. The van der Waals surface area contributed by atoms with E-state index in [-0.39, 0.29) is 6.10 Å². The van der Waals surface area contributed by atoms with E-state index in [1.165, 1.54) is 6.42 Å². The van der Waals surface area contributed by atoms with Crippen LogP contribution in [0.1, 0.15) is 12.8 Å². The van der Waals surface area contributed by atoms with Crippen LogP contribution in [-0.2, 0) is 0 Å². The van der Waals surface area contributed by atoms with Crippen molar-refractivity contribution in [3.63, 3.8) is 0 Å². The maximum atomic E-state index is 9.62. The summed E-state index contributed by atoms with van der Waals surface area (Å²) >= 11 is 0. The van der Waals surface area contributed by atoms with Gasteiger partial charge in [-0.25, -0.2) is 0 Å². The SMILES string of the molecule is CN(C)C[C@@H](O)[C@@H]1CCCN1. The number of likely N-dealkylation sites (N-methyl/N-ethyl adjacent to an activating group) is 1. The molecule has 1 aliphatic rings. The molecule has 0 aromatic heterocycles. The summed E-state index contributed by atoms with van der Waals surface area (Å²) in [5, 5.41) is 12.9. The van der Waals surface area contributed by atoms with E-state index in [2.05, 4.69) is 5.32 Å². The van der Waals surface area contributed by atoms with Gasteiger partial charge in [-0.1, -0.05) is 0 Å². The fourth-order valence-corrected chi connectivity index (χ4v) is 1.54. The minimum Gasteiger partial charge on any atom is -0.390 e. The van der Waals surface area contributed by atoms with Crippen molar-refractivity contribution < 1.29 is 5.11 Å². The van der Waals surface area contributed by atoms with E-state index in [1.54, 1.807) is 0 Å². The normalized spacial score (nSPS) is 27.8. The lowest BCUT2D eigenvalue weighted by Gasteiger charge is -2.21. The zero-order valence-corrected chi connectivity index (χ0v) is 7.38. The molecule has 0 amide bonds. The summed E-state index contributed by atoms with van der Waals surface area (Å²) in [6, 6.07) is 0.331. The van der Waals surface area contributed by atoms with E-state index < -0.39 is 0 Å². The van der Waals surface area contributed by atoms with Gasteiger partial charge in [-0.3, -0.25) is 0 Å². The molecule has 0 radical (unpaired) electrons. The Morgan fingerprint density at radius 3 is 2.82 bits per heavy atom. The zero-order valence-electron chi connectivity index (χ0n) is 7.38. The van der Waals surface area contributed by atoms with E-state index >= 15 is 0 Å². The lowest BCUT2D eigenvalue weighted by Crippen LogP contribution is -2.41. The molecule has 1 rings (SSSR count). The van der Waals surface area contributed by atoms with Gasteiger partial charge in [0.2, 0.25) is 0 Å². The average Bonchev–Trinajstić information content (AvgIpc) is 2.35. The molecule has 1 saturated heterocycles. The van der Waals surface area contributed by atoms with Crippen LogP contribution in [0.5, 0.6) is 0 Å². The first-order chi connectivity index (χ1) is 5.20. The molecule has 66 valence electrons. The van der Waals surface area contributed by atoms with Crippen molar-refractivity contribution in [1.29, 1.82) is 0 Å². The summed E-state index contributed by atoms with van der Waals surface area (Å²) in [7, 11) is 3.97. The molecule has 1 aliphatic heterocycles. The Bertz CT molecular complexity index is 111. The van der Waals surface area contributed by atoms with Gasteiger partial charge in [0, 0.05) is 12.6 Å². The second-order valence-corrected chi connectivity index (χ2v) is 3.53. The van der Waals surface area contributed by atoms with Crippen molar-refractivity contribution in [2.75, 3.05) is 27.2 Å². The van der Waals surface area contributed by atoms with Crippen molar-refractivity contribution in [3.8, 4) is 0 Å². The molecule has 0 aliphatic carbocycles. The number of rotatable bonds is 3. The van der Waals surface area contributed by atoms with Crippen molar-refractivity contribution in [2.24, 2.45) is 0 Å². The standard InChI is InChI=1S/C8H18N2O/c1-10(2)6-8(11)7-4-3-5-9-7/h7-9,11H,3-6H2,1-2H3/t7-,8+/m0/s1. The van der Waals surface area contributed by atoms with Crippen LogP contribution in [0.2, 0.25) is 0 Å². The van der Waals surface area contributed by atoms with Crippen LogP contribution < -0.4 is 5.32 Å². The third-order valence-corrected chi connectivity index (χ3v) is 2.12. The largest absolute Gasteiger partial charge is 0.390 e. The Labute approximate surface area is 68.4 Å². The molecule has 0 spiro atoms. The van der Waals surface area contributed by atoms with Crippen molar-refractivity contribution in [2.45, 2.75) is 25.0 Å². The maximum absolute atomic E-state index is 9.62. The minimum atomic E-state index is -0.201. The molecule has 0 aromatic carbocycles. The highest BCUT2D eigenvalue weighted by Crippen LogP contribution is 2.09. The highest BCUT2D eigenvalue weighted by Gasteiger charge is 2.22. The van der Waals surface area contributed by atoms with Crippen molar-refractivity contribution in [3.05, 3.63) is 0 Å². The van der Waals surface area contributed by atoms with Gasteiger partial charge in [0.25, 0.3) is 0 Å². The summed E-state index contributed by atoms with van der Waals surface area (Å²) in [5.41, 5.74) is 0. The Morgan fingerprint density at radius 1 is 1.64 bits per heavy atom. The summed E-state index contributed by atoms with van der Waals surface area (Å²) in [5.74, 6) is 0. The lowest BCUT2D eigenvalue weighted by atomic mass is 10.1. The summed E-state index contributed by atoms with van der Waals surface area (Å²) in [4.78, 5) is 2.02. The number of aliphatic hydroxyl groups is 1. The lowest BCUT2D eigenvalue weighted by molar-refractivity contribution is 0.104. The van der Waals surface area contributed by atoms with Crippen LogP contribution in [0.3, 0.4) is 0 Å². The molecule has 3 heteroatoms. The van der Waals surface area contributed by atoms with Gasteiger partial charge in [0.15, 0.2) is 0 Å². The van der Waals surface area contributed by atoms with Crippen LogP contribution in [0.4, 0.5) is 0 Å². The number of hydrogen-bond acceptors (Lipinski definition) is 3. The molecule has 0 bridgehead atoms. The van der Waals surface area contributed by atoms with Gasteiger partial charge in [0.05, 0.1) is 6.10 Å². The third kappa shape index (κ3) is 2.77. The Hall–Kier alpha value is -0.120. The fraction of sp³-hybridized carbons (Fsp3) is 1.00. The molecule has 0 saturated carbocycles. The van der Waals surface area contributed by atoms with Gasteiger partial charge in [-0.05, 0) is 33.5 Å². The van der Waals surface area contributed by atoms with Gasteiger partial charge in [0.1, 0.15) is 0 Å². The van der Waals surface area contributed by atoms with Gasteiger partial charge in [-0.2, -0.15) is 0 Å². The topological polar surface area (TPSA) is 35.5 Å². The van der Waals surface area contributed by atoms with Crippen LogP contribution in [0.25, 0.3) is 0 Å². The second-order valence-electron chi connectivity index (χ2n) is 3.53. The van der Waals surface area contributed by atoms with Crippen LogP contribution in [0, 0.1) is 0 Å². The Balaban J connectivity index is 2.22. The molecular weight excluding hydrogens is 140 g/mol. The van der Waals surface area contributed by atoms with Gasteiger partial charge in [-0.15, -0.1) is 0 Å². The minimum absolute atomic E-state index is 0.201. The number of nitrogens with one attached hydrogen (secondary N) is 1. The van der Waals surface area contributed by atoms with Crippen LogP contribution in [0.15, 0.2) is 0 Å². The first-order valence-electron chi connectivity index (χ1n) is 4.26. The van der Waals surface area contributed by atoms with E-state index in [1.807, 2.05) is 19.0 Å². The monoisotopic (exact) mass is 158 g/mol. The van der Waals surface area contributed by atoms with Gasteiger partial charge < -0.3 is 15.3 Å². The second kappa shape index (κ2) is 4.04. The Kier molecular flexibility index (Phi) is 3.30. The average molecular weight is 158 g/mol. The number of nitrogens with zero attached hydrogens (tertiary/aromatic N) is 1. The summed E-state index contributed by atoms with van der Waals surface area (Å²) in [6.45, 7) is 1.83. The molecule has 11 heavy (non-hydrogen) atoms. The molecule has 1 heterocycles. The number of hydrogen-bond donors (Lipinski definition) is 2. The highest BCUT2D eigenvalue weighted by atomic mass is 16.3. The van der Waals surface area contributed by atoms with Gasteiger partial charge >= 0.3 is 0 Å². The fourth-order valence-electron chi connectivity index (χ4n) is 1.54. The predicted molar refractivity (Wildman–Crippen MR) is 45.6 cm³/mol. The quantitative estimate of drug-likeness (QED) is 0.590. The van der Waals surface area contributed by atoms with Crippen molar-refractivity contribution in [1.82, 2.24) is 10.2 Å². The molecule has 0 aromatic rings. The molecule has 1 fully saturated rings. The first kappa shape index (κ1) is 8.97. The third-order valence-electron chi connectivity index (χ3n) is 2.12. The molecule has 3 nitrogen and oxygen atoms in total. The molecule has 2 atom stereocenters. The van der Waals surface area contributed by atoms with Crippen molar-refractivity contribution >= 4 is 0 Å². The van der Waals surface area contributed by atoms with E-state index in [9.17, 15) is 5.11 Å². The van der Waals surface area contributed by atoms with E-state index in [0.717, 1.165) is 19.5 Å². The molecular formula is C8H18N2O. The maximum Gasteiger partial charge on any atom is 0.0819 e. The van der Waals surface area contributed by atoms with Crippen LogP contribution >= 0.6 is 0 Å². The Morgan fingerprint density at radius 2 is 2.36 bits per heavy atom. The van der Waals surface area contributed by atoms with E-state index in [0.29, 0.717) is 6.04 Å². The zero-order chi connectivity index (χ0) is 8.27. The smallest absolute Gasteiger partial charge is 0.0819 e. The first-order valence-corrected chi connectivity index (χ1v) is 4.26. The summed E-state index contributed by atoms with van der Waals surface area (Å²) in [6.07, 6.45) is 2.12. The highest BCUT2D eigenvalue weighted by molar-refractivity contribution is 4.82. The van der Waals surface area contributed by atoms with Crippen LogP contribution in [-0.4, -0.2) is 49.3 Å².